The second-order valence-corrected chi connectivity index (χ2v) is 7.41. The zero-order valence-electron chi connectivity index (χ0n) is 16.8. The molecule has 6 nitrogen and oxygen atoms in total. The second kappa shape index (κ2) is 11.6. The Hall–Kier alpha value is -2.05. The van der Waals surface area contributed by atoms with E-state index in [1.807, 2.05) is 24.3 Å². The maximum Gasteiger partial charge on any atom is 0.408 e. The molecule has 0 fully saturated rings. The van der Waals surface area contributed by atoms with Gasteiger partial charge in [0.15, 0.2) is 0 Å². The van der Waals surface area contributed by atoms with Crippen molar-refractivity contribution in [1.29, 1.82) is 0 Å². The van der Waals surface area contributed by atoms with E-state index in [-0.39, 0.29) is 0 Å². The van der Waals surface area contributed by atoms with E-state index < -0.39 is 30.4 Å². The minimum absolute atomic E-state index is 0.407. The number of ether oxygens (including phenoxy) is 2. The number of benzene rings is 1. The van der Waals surface area contributed by atoms with Crippen LogP contribution < -0.4 is 10.1 Å². The molecule has 0 spiro atoms. The highest BCUT2D eigenvalue weighted by Crippen LogP contribution is 2.14. The van der Waals surface area contributed by atoms with Gasteiger partial charge in [0, 0.05) is 0 Å². The van der Waals surface area contributed by atoms with E-state index in [4.69, 9.17) is 9.47 Å². The SMILES string of the molecule is CCCCCOc1ccc(C=CC(O)C(CO)NC(=O)OC(C)(C)C)cc1. The molecule has 1 amide bonds. The minimum Gasteiger partial charge on any atom is -0.494 e. The fraction of sp³-hybridized carbons (Fsp3) is 0.571. The van der Waals surface area contributed by atoms with Gasteiger partial charge in [0.25, 0.3) is 0 Å². The van der Waals surface area contributed by atoms with Gasteiger partial charge in [-0.25, -0.2) is 4.79 Å². The van der Waals surface area contributed by atoms with Gasteiger partial charge in [-0.3, -0.25) is 0 Å². The Morgan fingerprint density at radius 3 is 2.44 bits per heavy atom. The van der Waals surface area contributed by atoms with Gasteiger partial charge < -0.3 is 25.0 Å². The molecule has 0 heterocycles. The van der Waals surface area contributed by atoms with Crippen molar-refractivity contribution in [1.82, 2.24) is 5.32 Å². The van der Waals surface area contributed by atoms with Crippen molar-refractivity contribution in [2.24, 2.45) is 0 Å². The van der Waals surface area contributed by atoms with Crippen molar-refractivity contribution in [3.63, 3.8) is 0 Å². The molecule has 152 valence electrons. The summed E-state index contributed by atoms with van der Waals surface area (Å²) in [7, 11) is 0. The fourth-order valence-electron chi connectivity index (χ4n) is 2.26. The molecule has 0 bridgehead atoms. The number of aliphatic hydroxyl groups is 2. The summed E-state index contributed by atoms with van der Waals surface area (Å²) in [6, 6.07) is 6.67. The number of rotatable bonds is 10. The fourth-order valence-corrected chi connectivity index (χ4v) is 2.26. The number of carbonyl (C=O) groups excluding carboxylic acids is 1. The summed E-state index contributed by atoms with van der Waals surface area (Å²) < 4.78 is 10.8. The van der Waals surface area contributed by atoms with E-state index in [0.29, 0.717) is 6.61 Å². The Bertz CT molecular complexity index is 577. The lowest BCUT2D eigenvalue weighted by Gasteiger charge is -2.24. The van der Waals surface area contributed by atoms with Crippen molar-refractivity contribution in [3.8, 4) is 5.75 Å². The van der Waals surface area contributed by atoms with Gasteiger partial charge in [0.05, 0.1) is 25.4 Å². The molecule has 2 atom stereocenters. The quantitative estimate of drug-likeness (QED) is 0.542. The molecule has 1 rings (SSSR count). The summed E-state index contributed by atoms with van der Waals surface area (Å²) in [5, 5.41) is 22.1. The van der Waals surface area contributed by atoms with Crippen molar-refractivity contribution in [3.05, 3.63) is 35.9 Å². The molecule has 3 N–H and O–H groups in total. The van der Waals surface area contributed by atoms with Crippen LogP contribution >= 0.6 is 0 Å². The minimum atomic E-state index is -1.05. The third-order valence-electron chi connectivity index (χ3n) is 3.69. The molecule has 1 aromatic carbocycles. The molecule has 0 aliphatic carbocycles. The Labute approximate surface area is 162 Å². The van der Waals surface area contributed by atoms with Gasteiger partial charge >= 0.3 is 6.09 Å². The zero-order chi connectivity index (χ0) is 20.3. The zero-order valence-corrected chi connectivity index (χ0v) is 16.8. The summed E-state index contributed by atoms with van der Waals surface area (Å²) in [5.74, 6) is 0.809. The lowest BCUT2D eigenvalue weighted by Crippen LogP contribution is -2.46. The van der Waals surface area contributed by atoms with Crippen molar-refractivity contribution in [2.75, 3.05) is 13.2 Å². The first-order chi connectivity index (χ1) is 12.7. The van der Waals surface area contributed by atoms with Crippen LogP contribution in [-0.2, 0) is 4.74 Å². The van der Waals surface area contributed by atoms with E-state index in [1.165, 1.54) is 6.08 Å². The molecule has 27 heavy (non-hydrogen) atoms. The first kappa shape index (κ1) is 23.0. The van der Waals surface area contributed by atoms with Crippen LogP contribution in [-0.4, -0.2) is 47.3 Å². The first-order valence-corrected chi connectivity index (χ1v) is 9.44. The largest absolute Gasteiger partial charge is 0.494 e. The number of aliphatic hydroxyl groups excluding tert-OH is 2. The van der Waals surface area contributed by atoms with Crippen LogP contribution in [0.5, 0.6) is 5.75 Å². The standard InChI is InChI=1S/C21H33NO5/c1-5-6-7-14-26-17-11-8-16(9-12-17)10-13-19(24)18(15-23)22-20(25)27-21(2,3)4/h8-13,18-19,23-24H,5-7,14-15H2,1-4H3,(H,22,25). The lowest BCUT2D eigenvalue weighted by molar-refractivity contribution is 0.0406. The van der Waals surface area contributed by atoms with Crippen LogP contribution in [0.15, 0.2) is 30.3 Å². The van der Waals surface area contributed by atoms with E-state index in [2.05, 4.69) is 12.2 Å². The summed E-state index contributed by atoms with van der Waals surface area (Å²) in [6.45, 7) is 7.68. The average molecular weight is 379 g/mol. The van der Waals surface area contributed by atoms with Crippen LogP contribution in [0.25, 0.3) is 6.08 Å². The Morgan fingerprint density at radius 2 is 1.89 bits per heavy atom. The average Bonchev–Trinajstić information content (AvgIpc) is 2.60. The Kier molecular flexibility index (Phi) is 9.89. The molecule has 1 aromatic rings. The Morgan fingerprint density at radius 1 is 1.22 bits per heavy atom. The highest BCUT2D eigenvalue weighted by atomic mass is 16.6. The van der Waals surface area contributed by atoms with E-state index >= 15 is 0 Å². The van der Waals surface area contributed by atoms with Crippen LogP contribution in [0.4, 0.5) is 4.79 Å². The van der Waals surface area contributed by atoms with E-state index in [9.17, 15) is 15.0 Å². The van der Waals surface area contributed by atoms with Crippen molar-refractivity contribution < 1.29 is 24.5 Å². The second-order valence-electron chi connectivity index (χ2n) is 7.41. The number of hydrogen-bond donors (Lipinski definition) is 3. The number of hydrogen-bond acceptors (Lipinski definition) is 5. The van der Waals surface area contributed by atoms with Gasteiger partial charge in [0.1, 0.15) is 11.4 Å². The van der Waals surface area contributed by atoms with Crippen LogP contribution in [0, 0.1) is 0 Å². The summed E-state index contributed by atoms with van der Waals surface area (Å²) >= 11 is 0. The molecule has 0 aliphatic rings. The number of unbranched alkanes of at least 4 members (excludes halogenated alkanes) is 2. The van der Waals surface area contributed by atoms with Gasteiger partial charge in [-0.15, -0.1) is 0 Å². The predicted molar refractivity (Wildman–Crippen MR) is 107 cm³/mol. The number of alkyl carbamates (subject to hydrolysis) is 1. The van der Waals surface area contributed by atoms with E-state index in [0.717, 1.165) is 30.6 Å². The molecule has 0 saturated carbocycles. The normalized spacial score (nSPS) is 14.0. The highest BCUT2D eigenvalue weighted by Gasteiger charge is 2.22. The lowest BCUT2D eigenvalue weighted by atomic mass is 10.1. The smallest absolute Gasteiger partial charge is 0.408 e. The monoisotopic (exact) mass is 379 g/mol. The van der Waals surface area contributed by atoms with Gasteiger partial charge in [-0.05, 0) is 44.9 Å². The molecular formula is C21H33NO5. The van der Waals surface area contributed by atoms with Crippen molar-refractivity contribution >= 4 is 12.2 Å². The first-order valence-electron chi connectivity index (χ1n) is 9.44. The summed E-state index contributed by atoms with van der Waals surface area (Å²) in [6.07, 6.45) is 4.87. The molecular weight excluding hydrogens is 346 g/mol. The predicted octanol–water partition coefficient (Wildman–Crippen LogP) is 3.52. The van der Waals surface area contributed by atoms with Crippen LogP contribution in [0.1, 0.15) is 52.5 Å². The molecule has 0 aromatic heterocycles. The number of carbonyl (C=O) groups is 1. The molecule has 2 unspecified atom stereocenters. The molecule has 0 saturated heterocycles. The maximum atomic E-state index is 11.8. The topological polar surface area (TPSA) is 88.0 Å². The molecule has 6 heteroatoms. The maximum absolute atomic E-state index is 11.8. The van der Waals surface area contributed by atoms with Gasteiger partial charge in [-0.1, -0.05) is 44.1 Å². The van der Waals surface area contributed by atoms with Crippen molar-refractivity contribution in [2.45, 2.75) is 64.7 Å². The summed E-state index contributed by atoms with van der Waals surface area (Å²) in [5.41, 5.74) is 0.231. The Balaban J connectivity index is 2.54. The number of amides is 1. The summed E-state index contributed by atoms with van der Waals surface area (Å²) in [4.78, 5) is 11.8. The highest BCUT2D eigenvalue weighted by molar-refractivity contribution is 5.68. The number of nitrogens with one attached hydrogen (secondary N) is 1. The van der Waals surface area contributed by atoms with E-state index in [1.54, 1.807) is 26.8 Å². The van der Waals surface area contributed by atoms with Crippen LogP contribution in [0.2, 0.25) is 0 Å². The third-order valence-corrected chi connectivity index (χ3v) is 3.69. The molecule has 0 radical (unpaired) electrons. The van der Waals surface area contributed by atoms with Gasteiger partial charge in [0.2, 0.25) is 0 Å². The van der Waals surface area contributed by atoms with Crippen LogP contribution in [0.3, 0.4) is 0 Å². The van der Waals surface area contributed by atoms with Gasteiger partial charge in [-0.2, -0.15) is 0 Å². The third kappa shape index (κ3) is 10.0. The molecule has 0 aliphatic heterocycles.